The molecule has 2 aromatic carbocycles. The zero-order valence-electron chi connectivity index (χ0n) is 14.7. The van der Waals surface area contributed by atoms with Crippen molar-refractivity contribution in [3.8, 4) is 5.75 Å². The smallest absolute Gasteiger partial charge is 0.420 e. The summed E-state index contributed by atoms with van der Waals surface area (Å²) in [5.41, 5.74) is 1.18. The molecule has 0 saturated heterocycles. The van der Waals surface area contributed by atoms with Crippen molar-refractivity contribution in [3.63, 3.8) is 0 Å². The number of amides is 2. The number of rotatable bonds is 7. The molecule has 0 aliphatic heterocycles. The Morgan fingerprint density at radius 3 is 2.62 bits per heavy atom. The van der Waals surface area contributed by atoms with Crippen LogP contribution in [0.1, 0.15) is 13.3 Å². The average Bonchev–Trinajstić information content (AvgIpc) is 2.65. The molecule has 0 radical (unpaired) electrons. The van der Waals surface area contributed by atoms with Gasteiger partial charge in [-0.25, -0.2) is 9.59 Å². The van der Waals surface area contributed by atoms with Gasteiger partial charge in [0, 0.05) is 24.0 Å². The molecule has 26 heavy (non-hydrogen) atoms. The summed E-state index contributed by atoms with van der Waals surface area (Å²) in [6, 6.07) is 15.7. The Kier molecular flexibility index (Phi) is 7.24. The maximum absolute atomic E-state index is 12.5. The van der Waals surface area contributed by atoms with E-state index in [-0.39, 0.29) is 0 Å². The van der Waals surface area contributed by atoms with Crippen LogP contribution in [0.5, 0.6) is 5.75 Å². The van der Waals surface area contributed by atoms with E-state index in [9.17, 15) is 9.59 Å². The molecule has 0 aliphatic carbocycles. The second kappa shape index (κ2) is 9.88. The lowest BCUT2D eigenvalue weighted by atomic mass is 10.3. The number of hydrogen-bond acceptors (Lipinski definition) is 4. The Hall–Kier alpha value is -3.28. The maximum atomic E-state index is 12.5. The van der Waals surface area contributed by atoms with Crippen molar-refractivity contribution >= 4 is 23.6 Å². The quantitative estimate of drug-likeness (QED) is 0.723. The van der Waals surface area contributed by atoms with E-state index in [4.69, 9.17) is 9.47 Å². The highest BCUT2D eigenvalue weighted by Gasteiger charge is 2.17. The van der Waals surface area contributed by atoms with Crippen LogP contribution in [0.25, 0.3) is 0 Å². The molecule has 2 amide bonds. The van der Waals surface area contributed by atoms with Gasteiger partial charge in [0.1, 0.15) is 5.75 Å². The van der Waals surface area contributed by atoms with Gasteiger partial charge < -0.3 is 9.47 Å². The van der Waals surface area contributed by atoms with Gasteiger partial charge in [-0.3, -0.25) is 10.2 Å². The number of nitrogens with zero attached hydrogens (tertiary/aromatic N) is 1. The van der Waals surface area contributed by atoms with Gasteiger partial charge in [0.25, 0.3) is 0 Å². The minimum atomic E-state index is -0.548. The zero-order chi connectivity index (χ0) is 18.8. The van der Waals surface area contributed by atoms with Gasteiger partial charge in [-0.1, -0.05) is 37.3 Å². The maximum Gasteiger partial charge on any atom is 0.420 e. The summed E-state index contributed by atoms with van der Waals surface area (Å²) in [5.74, 6) is 0.313. The number of anilines is 2. The molecular weight excluding hydrogens is 332 g/mol. The zero-order valence-corrected chi connectivity index (χ0v) is 14.7. The van der Waals surface area contributed by atoms with E-state index in [1.807, 2.05) is 37.3 Å². The van der Waals surface area contributed by atoms with Crippen LogP contribution in [-0.4, -0.2) is 25.3 Å². The average molecular weight is 354 g/mol. The number of ether oxygens (including phenoxy) is 2. The molecule has 0 heterocycles. The van der Waals surface area contributed by atoms with Crippen molar-refractivity contribution in [2.45, 2.75) is 13.3 Å². The summed E-state index contributed by atoms with van der Waals surface area (Å²) >= 11 is 0. The Balaban J connectivity index is 2.06. The molecule has 0 atom stereocenters. The van der Waals surface area contributed by atoms with Crippen LogP contribution in [0.2, 0.25) is 0 Å². The largest absolute Gasteiger partial charge is 0.449 e. The first-order chi connectivity index (χ1) is 12.6. The highest BCUT2D eigenvalue weighted by atomic mass is 16.6. The second-order valence-electron chi connectivity index (χ2n) is 5.39. The van der Waals surface area contributed by atoms with E-state index in [0.29, 0.717) is 30.3 Å². The molecule has 0 saturated carbocycles. The SMILES string of the molecule is C=CCN(C(=O)Oc1cccc(NC(=O)OCCC)c1)c1ccccc1. The van der Waals surface area contributed by atoms with Crippen LogP contribution in [0.15, 0.2) is 67.3 Å². The van der Waals surface area contributed by atoms with Crippen LogP contribution < -0.4 is 15.0 Å². The molecule has 2 aromatic rings. The normalized spacial score (nSPS) is 9.88. The predicted molar refractivity (Wildman–Crippen MR) is 102 cm³/mol. The number of benzene rings is 2. The van der Waals surface area contributed by atoms with Gasteiger partial charge in [-0.2, -0.15) is 0 Å². The van der Waals surface area contributed by atoms with Gasteiger partial charge in [-0.05, 0) is 30.7 Å². The lowest BCUT2D eigenvalue weighted by Gasteiger charge is -2.20. The highest BCUT2D eigenvalue weighted by molar-refractivity contribution is 5.90. The van der Waals surface area contributed by atoms with Crippen molar-refractivity contribution in [2.75, 3.05) is 23.4 Å². The summed E-state index contributed by atoms with van der Waals surface area (Å²) in [4.78, 5) is 25.6. The van der Waals surface area contributed by atoms with Crippen molar-refractivity contribution in [2.24, 2.45) is 0 Å². The fraction of sp³-hybridized carbons (Fsp3) is 0.200. The summed E-state index contributed by atoms with van der Waals surface area (Å²) in [7, 11) is 0. The predicted octanol–water partition coefficient (Wildman–Crippen LogP) is 4.84. The molecule has 0 fully saturated rings. The molecule has 0 bridgehead atoms. The Morgan fingerprint density at radius 1 is 1.15 bits per heavy atom. The molecule has 0 aliphatic rings. The second-order valence-corrected chi connectivity index (χ2v) is 5.39. The lowest BCUT2D eigenvalue weighted by Crippen LogP contribution is -2.33. The molecule has 0 unspecified atom stereocenters. The number of carbonyl (C=O) groups excluding carboxylic acids is 2. The van der Waals surface area contributed by atoms with Gasteiger partial charge >= 0.3 is 12.2 Å². The molecule has 6 nitrogen and oxygen atoms in total. The molecule has 0 spiro atoms. The first kappa shape index (κ1) is 19.1. The van der Waals surface area contributed by atoms with E-state index in [1.54, 1.807) is 30.3 Å². The topological polar surface area (TPSA) is 67.9 Å². The van der Waals surface area contributed by atoms with Crippen LogP contribution in [-0.2, 0) is 4.74 Å². The number of nitrogens with one attached hydrogen (secondary N) is 1. The van der Waals surface area contributed by atoms with Crippen LogP contribution >= 0.6 is 0 Å². The minimum Gasteiger partial charge on any atom is -0.449 e. The third-order valence-corrected chi connectivity index (χ3v) is 3.32. The molecule has 2 rings (SSSR count). The molecule has 1 N–H and O–H groups in total. The third-order valence-electron chi connectivity index (χ3n) is 3.32. The number of carbonyl (C=O) groups is 2. The van der Waals surface area contributed by atoms with Crippen molar-refractivity contribution in [1.29, 1.82) is 0 Å². The Bertz CT molecular complexity index is 746. The molecule has 136 valence electrons. The van der Waals surface area contributed by atoms with E-state index < -0.39 is 12.2 Å². The minimum absolute atomic E-state index is 0.310. The van der Waals surface area contributed by atoms with E-state index >= 15 is 0 Å². The Morgan fingerprint density at radius 2 is 1.92 bits per heavy atom. The molecular formula is C20H22N2O4. The van der Waals surface area contributed by atoms with E-state index in [1.165, 1.54) is 4.90 Å². The van der Waals surface area contributed by atoms with Crippen LogP contribution in [0, 0.1) is 0 Å². The van der Waals surface area contributed by atoms with Gasteiger partial charge in [-0.15, -0.1) is 6.58 Å². The van der Waals surface area contributed by atoms with Crippen molar-refractivity contribution in [3.05, 3.63) is 67.3 Å². The van der Waals surface area contributed by atoms with E-state index in [0.717, 1.165) is 6.42 Å². The van der Waals surface area contributed by atoms with Gasteiger partial charge in [0.05, 0.1) is 6.61 Å². The number of para-hydroxylation sites is 1. The monoisotopic (exact) mass is 354 g/mol. The summed E-state index contributed by atoms with van der Waals surface area (Å²) in [6.07, 6.45) is 1.27. The standard InChI is InChI=1S/C20H22N2O4/c1-3-13-22(17-10-6-5-7-11-17)20(24)26-18-12-8-9-16(15-18)21-19(23)25-14-4-2/h3,5-12,15H,1,4,13-14H2,2H3,(H,21,23). The summed E-state index contributed by atoms with van der Waals surface area (Å²) in [6.45, 7) is 6.24. The third kappa shape index (κ3) is 5.66. The first-order valence-corrected chi connectivity index (χ1v) is 8.33. The Labute approximate surface area is 153 Å². The highest BCUT2D eigenvalue weighted by Crippen LogP contribution is 2.20. The number of hydrogen-bond donors (Lipinski definition) is 1. The van der Waals surface area contributed by atoms with Gasteiger partial charge in [0.15, 0.2) is 0 Å². The fourth-order valence-corrected chi connectivity index (χ4v) is 2.16. The van der Waals surface area contributed by atoms with Crippen LogP contribution in [0.3, 0.4) is 0 Å². The van der Waals surface area contributed by atoms with Gasteiger partial charge in [0.2, 0.25) is 0 Å². The van der Waals surface area contributed by atoms with Crippen LogP contribution in [0.4, 0.5) is 21.0 Å². The van der Waals surface area contributed by atoms with E-state index in [2.05, 4.69) is 11.9 Å². The fourth-order valence-electron chi connectivity index (χ4n) is 2.16. The molecule has 0 aromatic heterocycles. The van der Waals surface area contributed by atoms with Crippen molar-refractivity contribution < 1.29 is 19.1 Å². The lowest BCUT2D eigenvalue weighted by molar-refractivity contribution is 0.161. The summed E-state index contributed by atoms with van der Waals surface area (Å²) < 4.78 is 10.4. The first-order valence-electron chi connectivity index (χ1n) is 8.33. The molecule has 6 heteroatoms. The van der Waals surface area contributed by atoms with Crippen molar-refractivity contribution in [1.82, 2.24) is 0 Å². The summed E-state index contributed by atoms with van der Waals surface area (Å²) in [5, 5.41) is 2.59.